The summed E-state index contributed by atoms with van der Waals surface area (Å²) >= 11 is 17.3. The van der Waals surface area contributed by atoms with E-state index in [-0.39, 0.29) is 5.91 Å². The van der Waals surface area contributed by atoms with Crippen molar-refractivity contribution < 1.29 is 4.79 Å². The van der Waals surface area contributed by atoms with Gasteiger partial charge in [-0.15, -0.1) is 11.8 Å². The molecule has 30 heavy (non-hydrogen) atoms. The first-order chi connectivity index (χ1) is 14.3. The zero-order chi connectivity index (χ0) is 21.7. The number of hydrogen-bond donors (Lipinski definition) is 1. The predicted molar refractivity (Wildman–Crippen MR) is 131 cm³/mol. The third kappa shape index (κ3) is 5.91. The molecular weight excluding hydrogens is 505 g/mol. The molecule has 1 aromatic heterocycles. The highest BCUT2D eigenvalue weighted by atomic mass is 79.9. The number of thioether (sulfide) groups is 1. The lowest BCUT2D eigenvalue weighted by molar-refractivity contribution is -0.118. The Morgan fingerprint density at radius 2 is 1.87 bits per heavy atom. The molecule has 0 fully saturated rings. The highest BCUT2D eigenvalue weighted by Crippen LogP contribution is 2.26. The van der Waals surface area contributed by atoms with Crippen molar-refractivity contribution in [3.8, 4) is 5.69 Å². The summed E-state index contributed by atoms with van der Waals surface area (Å²) in [6, 6.07) is 15.4. The summed E-state index contributed by atoms with van der Waals surface area (Å²) in [5.74, 6) is 0.944. The zero-order valence-electron chi connectivity index (χ0n) is 16.5. The van der Waals surface area contributed by atoms with Crippen molar-refractivity contribution in [1.82, 2.24) is 9.99 Å². The number of halogens is 3. The van der Waals surface area contributed by atoms with Crippen molar-refractivity contribution >= 4 is 63.0 Å². The Morgan fingerprint density at radius 1 is 1.17 bits per heavy atom. The Bertz CT molecular complexity index is 1080. The number of nitrogens with one attached hydrogen (secondary N) is 1. The molecule has 3 rings (SSSR count). The summed E-state index contributed by atoms with van der Waals surface area (Å²) in [4.78, 5) is 12.1. The number of rotatable bonds is 7. The first kappa shape index (κ1) is 22.9. The topological polar surface area (TPSA) is 46.4 Å². The maximum absolute atomic E-state index is 12.1. The smallest absolute Gasteiger partial charge is 0.250 e. The summed E-state index contributed by atoms with van der Waals surface area (Å²) in [5.41, 5.74) is 7.54. The van der Waals surface area contributed by atoms with Gasteiger partial charge in [0, 0.05) is 42.9 Å². The monoisotopic (exact) mass is 523 g/mol. The Balaban J connectivity index is 1.60. The minimum absolute atomic E-state index is 0.140. The molecule has 0 unspecified atom stereocenters. The molecule has 1 N–H and O–H groups in total. The lowest BCUT2D eigenvalue weighted by Crippen LogP contribution is -2.19. The van der Waals surface area contributed by atoms with E-state index < -0.39 is 0 Å². The number of amides is 1. The fraction of sp³-hybridized carbons (Fsp3) is 0.182. The van der Waals surface area contributed by atoms with E-state index in [9.17, 15) is 4.79 Å². The fourth-order valence-corrected chi connectivity index (χ4v) is 5.01. The lowest BCUT2D eigenvalue weighted by atomic mass is 10.2. The van der Waals surface area contributed by atoms with Gasteiger partial charge in [-0.05, 0) is 49.7 Å². The van der Waals surface area contributed by atoms with Crippen LogP contribution in [-0.4, -0.2) is 22.4 Å². The van der Waals surface area contributed by atoms with E-state index in [2.05, 4.69) is 31.0 Å². The van der Waals surface area contributed by atoms with Gasteiger partial charge < -0.3 is 4.57 Å². The number of hydrogen-bond acceptors (Lipinski definition) is 3. The first-order valence-corrected chi connectivity index (χ1v) is 11.8. The third-order valence-corrected chi connectivity index (χ3v) is 6.61. The summed E-state index contributed by atoms with van der Waals surface area (Å²) in [7, 11) is 0. The highest BCUT2D eigenvalue weighted by Gasteiger charge is 2.11. The molecular formula is C22H20BrCl2N3OS. The number of carbonyl (C=O) groups excluding carboxylic acids is 1. The lowest BCUT2D eigenvalue weighted by Gasteiger charge is -2.10. The van der Waals surface area contributed by atoms with Crippen LogP contribution >= 0.6 is 50.9 Å². The Kier molecular flexibility index (Phi) is 8.06. The second-order valence-electron chi connectivity index (χ2n) is 6.67. The van der Waals surface area contributed by atoms with Crippen LogP contribution in [0.2, 0.25) is 10.0 Å². The number of hydrazone groups is 1. The maximum Gasteiger partial charge on any atom is 0.250 e. The quantitative estimate of drug-likeness (QED) is 0.281. The summed E-state index contributed by atoms with van der Waals surface area (Å²) in [6.45, 7) is 3.98. The van der Waals surface area contributed by atoms with E-state index in [4.69, 9.17) is 23.2 Å². The van der Waals surface area contributed by atoms with Gasteiger partial charge >= 0.3 is 0 Å². The van der Waals surface area contributed by atoms with Crippen molar-refractivity contribution in [1.29, 1.82) is 0 Å². The van der Waals surface area contributed by atoms with Crippen molar-refractivity contribution in [3.05, 3.63) is 85.6 Å². The molecule has 1 heterocycles. The number of carbonyl (C=O) groups is 1. The van der Waals surface area contributed by atoms with E-state index in [1.54, 1.807) is 12.3 Å². The fourth-order valence-electron chi connectivity index (χ4n) is 3.06. The van der Waals surface area contributed by atoms with Crippen LogP contribution in [0.15, 0.2) is 58.1 Å². The number of aryl methyl sites for hydroxylation is 1. The van der Waals surface area contributed by atoms with Gasteiger partial charge in [-0.1, -0.05) is 57.3 Å². The average molecular weight is 525 g/mol. The minimum atomic E-state index is -0.140. The Hall–Kier alpha value is -1.73. The molecule has 1 amide bonds. The van der Waals surface area contributed by atoms with Crippen LogP contribution in [0.4, 0.5) is 0 Å². The summed E-state index contributed by atoms with van der Waals surface area (Å²) in [5, 5.41) is 5.27. The van der Waals surface area contributed by atoms with Gasteiger partial charge in [0.25, 0.3) is 0 Å². The van der Waals surface area contributed by atoms with E-state index in [0.29, 0.717) is 15.8 Å². The van der Waals surface area contributed by atoms with E-state index in [0.717, 1.165) is 38.4 Å². The largest absolute Gasteiger partial charge is 0.318 e. The van der Waals surface area contributed by atoms with Crippen LogP contribution in [0.5, 0.6) is 0 Å². The molecule has 8 heteroatoms. The van der Waals surface area contributed by atoms with Crippen LogP contribution in [0.25, 0.3) is 5.69 Å². The van der Waals surface area contributed by atoms with Crippen molar-refractivity contribution in [2.24, 2.45) is 5.10 Å². The van der Waals surface area contributed by atoms with Gasteiger partial charge in [-0.3, -0.25) is 4.79 Å². The van der Waals surface area contributed by atoms with Gasteiger partial charge in [0.05, 0.1) is 12.0 Å². The number of aromatic nitrogens is 1. The molecule has 2 aromatic carbocycles. The molecule has 0 saturated heterocycles. The minimum Gasteiger partial charge on any atom is -0.318 e. The molecule has 0 atom stereocenters. The van der Waals surface area contributed by atoms with Crippen molar-refractivity contribution in [3.63, 3.8) is 0 Å². The second-order valence-corrected chi connectivity index (χ2v) is 9.38. The summed E-state index contributed by atoms with van der Waals surface area (Å²) < 4.78 is 3.10. The van der Waals surface area contributed by atoms with Crippen molar-refractivity contribution in [2.45, 2.75) is 19.6 Å². The summed E-state index contributed by atoms with van der Waals surface area (Å²) in [6.07, 6.45) is 1.65. The van der Waals surface area contributed by atoms with Crippen LogP contribution < -0.4 is 5.43 Å². The van der Waals surface area contributed by atoms with Crippen LogP contribution in [0.3, 0.4) is 0 Å². The standard InChI is InChI=1S/C22H20BrCl2N3OS/c1-14-7-17(15(2)28(14)20-9-18(24)8-19(25)10-20)11-26-27-22(29)13-30-12-16-5-3-4-6-21(16)23/h3-11H,12-13H2,1-2H3,(H,27,29)/b26-11-. The van der Waals surface area contributed by atoms with Gasteiger partial charge in [0.15, 0.2) is 0 Å². The van der Waals surface area contributed by atoms with Crippen molar-refractivity contribution in [2.75, 3.05) is 5.75 Å². The molecule has 3 aromatic rings. The molecule has 156 valence electrons. The van der Waals surface area contributed by atoms with E-state index in [1.807, 2.05) is 56.3 Å². The molecule has 0 aliphatic heterocycles. The SMILES string of the molecule is Cc1cc(/C=N\NC(=O)CSCc2ccccc2Br)c(C)n1-c1cc(Cl)cc(Cl)c1. The molecule has 0 aliphatic rings. The predicted octanol–water partition coefficient (Wildman–Crippen LogP) is 6.55. The van der Waals surface area contributed by atoms with Crippen LogP contribution in [-0.2, 0) is 10.5 Å². The van der Waals surface area contributed by atoms with Gasteiger partial charge in [-0.2, -0.15) is 5.10 Å². The van der Waals surface area contributed by atoms with Gasteiger partial charge in [0.1, 0.15) is 0 Å². The molecule has 0 spiro atoms. The highest BCUT2D eigenvalue weighted by molar-refractivity contribution is 9.10. The van der Waals surface area contributed by atoms with E-state index >= 15 is 0 Å². The Morgan fingerprint density at radius 3 is 2.57 bits per heavy atom. The van der Waals surface area contributed by atoms with E-state index in [1.165, 1.54) is 11.8 Å². The third-order valence-electron chi connectivity index (χ3n) is 4.42. The second kappa shape index (κ2) is 10.5. The molecule has 0 aliphatic carbocycles. The maximum atomic E-state index is 12.1. The number of nitrogens with zero attached hydrogens (tertiary/aromatic N) is 2. The van der Waals surface area contributed by atoms with Gasteiger partial charge in [-0.25, -0.2) is 5.43 Å². The normalized spacial score (nSPS) is 11.2. The average Bonchev–Trinajstić information content (AvgIpc) is 2.96. The van der Waals surface area contributed by atoms with Gasteiger partial charge in [0.2, 0.25) is 5.91 Å². The first-order valence-electron chi connectivity index (χ1n) is 9.13. The zero-order valence-corrected chi connectivity index (χ0v) is 20.4. The Labute approximate surface area is 198 Å². The molecule has 4 nitrogen and oxygen atoms in total. The molecule has 0 saturated carbocycles. The molecule has 0 bridgehead atoms. The molecule has 0 radical (unpaired) electrons. The van der Waals surface area contributed by atoms with Crippen LogP contribution in [0, 0.1) is 13.8 Å². The number of benzene rings is 2. The van der Waals surface area contributed by atoms with Crippen LogP contribution in [0.1, 0.15) is 22.5 Å².